The second-order valence-electron chi connectivity index (χ2n) is 4.91. The molecule has 19 heavy (non-hydrogen) atoms. The van der Waals surface area contributed by atoms with E-state index >= 15 is 0 Å². The van der Waals surface area contributed by atoms with Gasteiger partial charge in [-0.15, -0.1) is 0 Å². The molecule has 2 N–H and O–H groups in total. The zero-order chi connectivity index (χ0) is 13.1. The van der Waals surface area contributed by atoms with E-state index in [2.05, 4.69) is 16.2 Å². The minimum Gasteiger partial charge on any atom is -0.334 e. The molecule has 1 saturated carbocycles. The van der Waals surface area contributed by atoms with Crippen LogP contribution in [0.15, 0.2) is 34.9 Å². The summed E-state index contributed by atoms with van der Waals surface area (Å²) < 4.78 is 5.22. The minimum atomic E-state index is 0.544. The molecule has 0 saturated heterocycles. The first-order valence-corrected chi connectivity index (χ1v) is 6.66. The number of nitrogens with two attached hydrogens (primary N) is 1. The summed E-state index contributed by atoms with van der Waals surface area (Å²) in [5.41, 5.74) is 7.61. The predicted molar refractivity (Wildman–Crippen MR) is 74.0 cm³/mol. The second kappa shape index (κ2) is 5.36. The molecule has 1 aliphatic carbocycles. The normalized spacial score (nSPS) is 15.8. The topological polar surface area (TPSA) is 64.9 Å². The third-order valence-corrected chi connectivity index (χ3v) is 3.55. The largest absolute Gasteiger partial charge is 0.334 e. The van der Waals surface area contributed by atoms with Crippen LogP contribution in [0.25, 0.3) is 17.5 Å². The van der Waals surface area contributed by atoms with Crippen molar-refractivity contribution >= 4 is 6.08 Å². The molecule has 4 nitrogen and oxygen atoms in total. The summed E-state index contributed by atoms with van der Waals surface area (Å²) in [4.78, 5) is 4.37. The van der Waals surface area contributed by atoms with Crippen molar-refractivity contribution < 1.29 is 4.52 Å². The number of benzene rings is 1. The van der Waals surface area contributed by atoms with E-state index in [1.54, 1.807) is 0 Å². The summed E-state index contributed by atoms with van der Waals surface area (Å²) in [6.07, 6.45) is 7.97. The summed E-state index contributed by atoms with van der Waals surface area (Å²) in [5.74, 6) is 1.89. The van der Waals surface area contributed by atoms with Crippen LogP contribution in [0, 0.1) is 5.92 Å². The first kappa shape index (κ1) is 12.1. The smallest absolute Gasteiger partial charge is 0.250 e. The van der Waals surface area contributed by atoms with Gasteiger partial charge in [-0.25, -0.2) is 0 Å². The van der Waals surface area contributed by atoms with Crippen LogP contribution in [0.1, 0.15) is 30.7 Å². The first-order valence-electron chi connectivity index (χ1n) is 6.66. The molecule has 0 aliphatic heterocycles. The molecule has 0 radical (unpaired) electrons. The van der Waals surface area contributed by atoms with Crippen molar-refractivity contribution in [3.8, 4) is 11.4 Å². The Morgan fingerprint density at radius 1 is 1.26 bits per heavy atom. The number of allylic oxidation sites excluding steroid dienone is 1. The van der Waals surface area contributed by atoms with Gasteiger partial charge in [0.15, 0.2) is 0 Å². The maximum Gasteiger partial charge on any atom is 0.250 e. The molecule has 2 aromatic rings. The van der Waals surface area contributed by atoms with Gasteiger partial charge in [0.1, 0.15) is 0 Å². The Hall–Kier alpha value is -1.94. The van der Waals surface area contributed by atoms with Gasteiger partial charge in [0.2, 0.25) is 5.82 Å². The van der Waals surface area contributed by atoms with Crippen LogP contribution in [-0.4, -0.2) is 10.1 Å². The summed E-state index contributed by atoms with van der Waals surface area (Å²) in [5, 5.41) is 4.00. The highest BCUT2D eigenvalue weighted by Crippen LogP contribution is 2.28. The van der Waals surface area contributed by atoms with Crippen molar-refractivity contribution in [2.75, 3.05) is 0 Å². The van der Waals surface area contributed by atoms with E-state index < -0.39 is 0 Å². The first-order chi connectivity index (χ1) is 9.35. The summed E-state index contributed by atoms with van der Waals surface area (Å²) in [6.45, 7) is 0.544. The van der Waals surface area contributed by atoms with Crippen LogP contribution in [0.3, 0.4) is 0 Å². The van der Waals surface area contributed by atoms with E-state index in [-0.39, 0.29) is 0 Å². The molecule has 1 fully saturated rings. The van der Waals surface area contributed by atoms with Gasteiger partial charge in [0.05, 0.1) is 0 Å². The molecular weight excluding hydrogens is 238 g/mol. The van der Waals surface area contributed by atoms with Crippen molar-refractivity contribution in [1.29, 1.82) is 0 Å². The Balaban J connectivity index is 1.73. The van der Waals surface area contributed by atoms with Gasteiger partial charge in [-0.3, -0.25) is 0 Å². The fourth-order valence-corrected chi connectivity index (χ4v) is 2.06. The van der Waals surface area contributed by atoms with Crippen LogP contribution in [0.5, 0.6) is 0 Å². The van der Waals surface area contributed by atoms with Gasteiger partial charge in [0.25, 0.3) is 5.89 Å². The van der Waals surface area contributed by atoms with Crippen molar-refractivity contribution in [3.63, 3.8) is 0 Å². The number of hydrogen-bond acceptors (Lipinski definition) is 4. The average Bonchev–Trinajstić information content (AvgIpc) is 2.86. The van der Waals surface area contributed by atoms with E-state index in [4.69, 9.17) is 10.3 Å². The molecule has 1 heterocycles. The van der Waals surface area contributed by atoms with Gasteiger partial charge in [-0.1, -0.05) is 41.9 Å². The molecule has 3 rings (SSSR count). The number of hydrogen-bond donors (Lipinski definition) is 1. The van der Waals surface area contributed by atoms with Crippen LogP contribution < -0.4 is 5.73 Å². The maximum atomic E-state index is 5.57. The molecule has 4 heteroatoms. The molecule has 0 atom stereocenters. The lowest BCUT2D eigenvalue weighted by Gasteiger charge is -2.20. The zero-order valence-electron chi connectivity index (χ0n) is 10.7. The average molecular weight is 255 g/mol. The number of aromatic nitrogens is 2. The molecule has 98 valence electrons. The third-order valence-electron chi connectivity index (χ3n) is 3.55. The highest BCUT2D eigenvalue weighted by Gasteiger charge is 2.14. The van der Waals surface area contributed by atoms with E-state index in [1.165, 1.54) is 19.3 Å². The van der Waals surface area contributed by atoms with Crippen LogP contribution >= 0.6 is 0 Å². The van der Waals surface area contributed by atoms with E-state index in [9.17, 15) is 0 Å². The van der Waals surface area contributed by atoms with Crippen molar-refractivity contribution in [2.45, 2.75) is 25.8 Å². The Kier molecular flexibility index (Phi) is 3.42. The summed E-state index contributed by atoms with van der Waals surface area (Å²) in [6, 6.07) is 7.89. The molecular formula is C15H17N3O. The van der Waals surface area contributed by atoms with Gasteiger partial charge < -0.3 is 10.3 Å². The monoisotopic (exact) mass is 255 g/mol. The van der Waals surface area contributed by atoms with Crippen molar-refractivity contribution in [1.82, 2.24) is 10.1 Å². The van der Waals surface area contributed by atoms with Crippen molar-refractivity contribution in [2.24, 2.45) is 11.7 Å². The van der Waals surface area contributed by atoms with Crippen LogP contribution in [0.4, 0.5) is 0 Å². The predicted octanol–water partition coefficient (Wildman–Crippen LogP) is 3.01. The fourth-order valence-electron chi connectivity index (χ4n) is 2.06. The van der Waals surface area contributed by atoms with Gasteiger partial charge >= 0.3 is 0 Å². The standard InChI is InChI=1S/C15H17N3O/c16-10-12-4-7-13(8-5-12)15-17-14(19-18-15)9-6-11-2-1-3-11/h4-9,11H,1-3,10,16H2/b9-6+. The van der Waals surface area contributed by atoms with E-state index in [0.29, 0.717) is 24.2 Å². The Labute approximate surface area is 112 Å². The lowest BCUT2D eigenvalue weighted by atomic mass is 9.85. The Bertz CT molecular complexity index is 567. The second-order valence-corrected chi connectivity index (χ2v) is 4.91. The minimum absolute atomic E-state index is 0.544. The molecule has 0 unspecified atom stereocenters. The van der Waals surface area contributed by atoms with Crippen LogP contribution in [-0.2, 0) is 6.54 Å². The van der Waals surface area contributed by atoms with Gasteiger partial charge in [0, 0.05) is 12.1 Å². The molecule has 1 aromatic heterocycles. The zero-order valence-corrected chi connectivity index (χ0v) is 10.7. The Morgan fingerprint density at radius 3 is 2.68 bits per heavy atom. The fraction of sp³-hybridized carbons (Fsp3) is 0.333. The third kappa shape index (κ3) is 2.74. The molecule has 1 aromatic carbocycles. The lowest BCUT2D eigenvalue weighted by molar-refractivity contribution is 0.386. The summed E-state index contributed by atoms with van der Waals surface area (Å²) >= 11 is 0. The number of rotatable bonds is 4. The molecule has 0 amide bonds. The van der Waals surface area contributed by atoms with Gasteiger partial charge in [-0.2, -0.15) is 4.98 Å². The van der Waals surface area contributed by atoms with E-state index in [1.807, 2.05) is 30.3 Å². The maximum absolute atomic E-state index is 5.57. The summed E-state index contributed by atoms with van der Waals surface area (Å²) in [7, 11) is 0. The van der Waals surface area contributed by atoms with Gasteiger partial charge in [-0.05, 0) is 30.4 Å². The number of nitrogens with zero attached hydrogens (tertiary/aromatic N) is 2. The Morgan fingerprint density at radius 2 is 2.05 bits per heavy atom. The SMILES string of the molecule is NCc1ccc(-c2noc(/C=C/C3CCC3)n2)cc1. The molecule has 1 aliphatic rings. The highest BCUT2D eigenvalue weighted by molar-refractivity contribution is 5.56. The lowest BCUT2D eigenvalue weighted by Crippen LogP contribution is -2.06. The highest BCUT2D eigenvalue weighted by atomic mass is 16.5. The van der Waals surface area contributed by atoms with Crippen molar-refractivity contribution in [3.05, 3.63) is 41.8 Å². The molecule has 0 spiro atoms. The van der Waals surface area contributed by atoms with Crippen LogP contribution in [0.2, 0.25) is 0 Å². The molecule has 0 bridgehead atoms. The van der Waals surface area contributed by atoms with E-state index in [0.717, 1.165) is 11.1 Å². The quantitative estimate of drug-likeness (QED) is 0.912.